The van der Waals surface area contributed by atoms with Crippen LogP contribution in [0.15, 0.2) is 42.2 Å². The second-order valence-electron chi connectivity index (χ2n) is 4.58. The molecule has 0 aliphatic carbocycles. The molecule has 0 saturated carbocycles. The summed E-state index contributed by atoms with van der Waals surface area (Å²) in [5, 5.41) is 9.68. The van der Waals surface area contributed by atoms with Crippen LogP contribution in [0, 0.1) is 5.92 Å². The predicted octanol–water partition coefficient (Wildman–Crippen LogP) is 1.65. The highest BCUT2D eigenvalue weighted by Gasteiger charge is 2.31. The molecular weight excluding hydrogens is 258 g/mol. The largest absolute Gasteiger partial charge is 0.503 e. The Labute approximate surface area is 117 Å². The second-order valence-corrected chi connectivity index (χ2v) is 4.58. The van der Waals surface area contributed by atoms with E-state index in [0.29, 0.717) is 6.54 Å². The van der Waals surface area contributed by atoms with Crippen LogP contribution < -0.4 is 0 Å². The van der Waals surface area contributed by atoms with Gasteiger partial charge in [-0.25, -0.2) is 0 Å². The molecule has 2 rings (SSSR count). The van der Waals surface area contributed by atoms with Gasteiger partial charge in [0.15, 0.2) is 5.76 Å². The Morgan fingerprint density at radius 2 is 2.10 bits per heavy atom. The molecule has 106 valence electrons. The van der Waals surface area contributed by atoms with Crippen molar-refractivity contribution in [2.45, 2.75) is 13.5 Å². The van der Waals surface area contributed by atoms with Crippen molar-refractivity contribution in [1.29, 1.82) is 0 Å². The first kappa shape index (κ1) is 14.1. The number of aliphatic hydroxyl groups is 1. The Bertz CT molecular complexity index is 524. The summed E-state index contributed by atoms with van der Waals surface area (Å²) in [5.41, 5.74) is 0.943. The van der Waals surface area contributed by atoms with Crippen molar-refractivity contribution in [3.05, 3.63) is 47.7 Å². The maximum Gasteiger partial charge on any atom is 0.314 e. The number of nitrogens with zero attached hydrogens (tertiary/aromatic N) is 1. The Hall–Kier alpha value is -2.30. The van der Waals surface area contributed by atoms with Crippen molar-refractivity contribution in [3.63, 3.8) is 0 Å². The summed E-state index contributed by atoms with van der Waals surface area (Å²) in [7, 11) is 0. The molecule has 1 heterocycles. The molecule has 5 heteroatoms. The first-order valence-corrected chi connectivity index (χ1v) is 6.52. The van der Waals surface area contributed by atoms with E-state index in [2.05, 4.69) is 0 Å². The van der Waals surface area contributed by atoms with Crippen LogP contribution >= 0.6 is 0 Å². The summed E-state index contributed by atoms with van der Waals surface area (Å²) in [5.74, 6) is -1.90. The number of amides is 1. The van der Waals surface area contributed by atoms with E-state index in [1.54, 1.807) is 6.92 Å². The molecule has 0 unspecified atom stereocenters. The third-order valence-corrected chi connectivity index (χ3v) is 3.09. The molecule has 5 nitrogen and oxygen atoms in total. The Balaban J connectivity index is 2.12. The lowest BCUT2D eigenvalue weighted by Gasteiger charge is -2.29. The number of benzene rings is 1. The van der Waals surface area contributed by atoms with Crippen molar-refractivity contribution in [3.8, 4) is 0 Å². The minimum atomic E-state index is -0.614. The van der Waals surface area contributed by atoms with Gasteiger partial charge < -0.3 is 14.7 Å². The maximum absolute atomic E-state index is 11.9. The van der Waals surface area contributed by atoms with E-state index in [4.69, 9.17) is 4.74 Å². The first-order chi connectivity index (χ1) is 9.61. The highest BCUT2D eigenvalue weighted by Crippen LogP contribution is 2.18. The van der Waals surface area contributed by atoms with Gasteiger partial charge in [-0.05, 0) is 18.6 Å². The van der Waals surface area contributed by atoms with Crippen LogP contribution in [0.3, 0.4) is 0 Å². The molecule has 0 aromatic heterocycles. The average Bonchev–Trinajstić information content (AvgIpc) is 2.45. The molecule has 1 aliphatic rings. The number of ether oxygens (including phenoxy) is 1. The van der Waals surface area contributed by atoms with E-state index in [1.165, 1.54) is 11.0 Å². The van der Waals surface area contributed by atoms with Gasteiger partial charge in [0.05, 0.1) is 12.5 Å². The van der Waals surface area contributed by atoms with Gasteiger partial charge in [-0.1, -0.05) is 30.3 Å². The number of aliphatic hydroxyl groups excluding tert-OH is 1. The van der Waals surface area contributed by atoms with Crippen molar-refractivity contribution in [1.82, 2.24) is 4.90 Å². The lowest BCUT2D eigenvalue weighted by Crippen LogP contribution is -2.42. The number of carbonyl (C=O) groups is 2. The summed E-state index contributed by atoms with van der Waals surface area (Å²) < 4.78 is 4.93. The molecule has 0 fully saturated rings. The van der Waals surface area contributed by atoms with Crippen LogP contribution in [0.25, 0.3) is 0 Å². The van der Waals surface area contributed by atoms with E-state index in [0.717, 1.165) is 5.56 Å². The summed E-state index contributed by atoms with van der Waals surface area (Å²) >= 11 is 0. The molecule has 1 amide bonds. The quantitative estimate of drug-likeness (QED) is 0.848. The third-order valence-electron chi connectivity index (χ3n) is 3.09. The zero-order chi connectivity index (χ0) is 14.5. The van der Waals surface area contributed by atoms with Crippen molar-refractivity contribution >= 4 is 11.9 Å². The molecule has 1 atom stereocenters. The van der Waals surface area contributed by atoms with Crippen molar-refractivity contribution in [2.24, 2.45) is 5.92 Å². The van der Waals surface area contributed by atoms with Crippen LogP contribution in [-0.4, -0.2) is 35.0 Å². The third kappa shape index (κ3) is 3.17. The molecule has 20 heavy (non-hydrogen) atoms. The number of hydrogen-bond donors (Lipinski definition) is 1. The van der Waals surface area contributed by atoms with E-state index in [1.807, 2.05) is 30.3 Å². The van der Waals surface area contributed by atoms with Gasteiger partial charge in [-0.3, -0.25) is 9.59 Å². The van der Waals surface area contributed by atoms with Crippen LogP contribution in [0.4, 0.5) is 0 Å². The zero-order valence-electron chi connectivity index (χ0n) is 11.3. The lowest BCUT2D eigenvalue weighted by atomic mass is 10.0. The fourth-order valence-corrected chi connectivity index (χ4v) is 2.13. The van der Waals surface area contributed by atoms with Crippen LogP contribution in [0.1, 0.15) is 12.5 Å². The normalized spacial score (nSPS) is 18.6. The van der Waals surface area contributed by atoms with E-state index in [9.17, 15) is 14.7 Å². The van der Waals surface area contributed by atoms with Crippen LogP contribution in [-0.2, 0) is 20.9 Å². The monoisotopic (exact) mass is 275 g/mol. The molecule has 0 spiro atoms. The molecule has 1 aromatic carbocycles. The smallest absolute Gasteiger partial charge is 0.314 e. The van der Waals surface area contributed by atoms with Crippen molar-refractivity contribution in [2.75, 3.05) is 13.2 Å². The minimum absolute atomic E-state index is 0.219. The SMILES string of the molecule is CCOC(=O)[C@H]1C=C(O)C(=O)N(Cc2ccccc2)C1. The number of rotatable bonds is 4. The van der Waals surface area contributed by atoms with Crippen LogP contribution in [0.5, 0.6) is 0 Å². The zero-order valence-corrected chi connectivity index (χ0v) is 11.3. The summed E-state index contributed by atoms with van der Waals surface area (Å²) in [4.78, 5) is 25.1. The highest BCUT2D eigenvalue weighted by molar-refractivity contribution is 5.94. The van der Waals surface area contributed by atoms with Gasteiger partial charge in [0.1, 0.15) is 0 Å². The molecular formula is C15H17NO4. The Morgan fingerprint density at radius 3 is 2.75 bits per heavy atom. The van der Waals surface area contributed by atoms with Gasteiger partial charge in [-0.15, -0.1) is 0 Å². The first-order valence-electron chi connectivity index (χ1n) is 6.52. The Morgan fingerprint density at radius 1 is 1.40 bits per heavy atom. The molecule has 1 N–H and O–H groups in total. The average molecular weight is 275 g/mol. The van der Waals surface area contributed by atoms with Gasteiger partial charge in [0, 0.05) is 13.1 Å². The highest BCUT2D eigenvalue weighted by atomic mass is 16.5. The summed E-state index contributed by atoms with van der Waals surface area (Å²) in [6, 6.07) is 9.43. The second kappa shape index (κ2) is 6.23. The summed E-state index contributed by atoms with van der Waals surface area (Å²) in [6.45, 7) is 2.57. The van der Waals surface area contributed by atoms with Crippen LogP contribution in [0.2, 0.25) is 0 Å². The van der Waals surface area contributed by atoms with Gasteiger partial charge in [-0.2, -0.15) is 0 Å². The number of esters is 1. The summed E-state index contributed by atoms with van der Waals surface area (Å²) in [6.07, 6.45) is 1.27. The van der Waals surface area contributed by atoms with Gasteiger partial charge in [0.25, 0.3) is 5.91 Å². The molecule has 0 bridgehead atoms. The Kier molecular flexibility index (Phi) is 4.40. The van der Waals surface area contributed by atoms with Crippen molar-refractivity contribution < 1.29 is 19.4 Å². The fraction of sp³-hybridized carbons (Fsp3) is 0.333. The minimum Gasteiger partial charge on any atom is -0.503 e. The molecule has 0 saturated heterocycles. The maximum atomic E-state index is 11.9. The molecule has 1 aromatic rings. The van der Waals surface area contributed by atoms with E-state index in [-0.39, 0.29) is 13.2 Å². The van der Waals surface area contributed by atoms with Gasteiger partial charge >= 0.3 is 5.97 Å². The molecule has 1 aliphatic heterocycles. The standard InChI is InChI=1S/C15H17NO4/c1-2-20-15(19)12-8-13(17)14(18)16(10-12)9-11-6-4-3-5-7-11/h3-8,12,17H,2,9-10H2,1H3/t12-/m0/s1. The van der Waals surface area contributed by atoms with Gasteiger partial charge in [0.2, 0.25) is 0 Å². The van der Waals surface area contributed by atoms with E-state index >= 15 is 0 Å². The molecule has 0 radical (unpaired) electrons. The lowest BCUT2D eigenvalue weighted by molar-refractivity contribution is -0.148. The number of carbonyl (C=O) groups excluding carboxylic acids is 2. The van der Waals surface area contributed by atoms with E-state index < -0.39 is 23.6 Å². The predicted molar refractivity (Wildman–Crippen MR) is 72.7 cm³/mol. The number of hydrogen-bond acceptors (Lipinski definition) is 4. The topological polar surface area (TPSA) is 66.8 Å². The fourth-order valence-electron chi connectivity index (χ4n) is 2.13.